The van der Waals surface area contributed by atoms with Crippen LogP contribution in [-0.4, -0.2) is 39.2 Å². The molecule has 112 valence electrons. The lowest BCUT2D eigenvalue weighted by Crippen LogP contribution is -2.48. The van der Waals surface area contributed by atoms with Gasteiger partial charge in [0.2, 0.25) is 0 Å². The summed E-state index contributed by atoms with van der Waals surface area (Å²) >= 11 is 1.58. The van der Waals surface area contributed by atoms with Crippen molar-refractivity contribution in [2.24, 2.45) is 5.92 Å². The van der Waals surface area contributed by atoms with Crippen molar-refractivity contribution >= 4 is 29.4 Å². The Morgan fingerprint density at radius 3 is 2.76 bits per heavy atom. The van der Waals surface area contributed by atoms with Crippen molar-refractivity contribution in [3.05, 3.63) is 29.8 Å². The monoisotopic (exact) mass is 306 g/mol. The summed E-state index contributed by atoms with van der Waals surface area (Å²) in [6, 6.07) is 6.48. The van der Waals surface area contributed by atoms with Gasteiger partial charge in [0.05, 0.1) is 5.37 Å². The third-order valence-corrected chi connectivity index (χ3v) is 5.31. The Kier molecular flexibility index (Phi) is 3.80. The van der Waals surface area contributed by atoms with E-state index in [1.807, 2.05) is 31.2 Å². The average molecular weight is 306 g/mol. The van der Waals surface area contributed by atoms with Gasteiger partial charge in [-0.05, 0) is 43.4 Å². The van der Waals surface area contributed by atoms with E-state index < -0.39 is 12.0 Å². The molecule has 21 heavy (non-hydrogen) atoms. The molecule has 1 heterocycles. The van der Waals surface area contributed by atoms with Crippen molar-refractivity contribution < 1.29 is 14.7 Å². The van der Waals surface area contributed by atoms with E-state index >= 15 is 0 Å². The lowest BCUT2D eigenvalue weighted by atomic mass is 10.2. The summed E-state index contributed by atoms with van der Waals surface area (Å²) in [5.41, 5.74) is 1.76. The van der Waals surface area contributed by atoms with E-state index in [1.54, 1.807) is 11.8 Å². The van der Waals surface area contributed by atoms with E-state index in [4.69, 9.17) is 0 Å². The van der Waals surface area contributed by atoms with E-state index in [2.05, 4.69) is 5.32 Å². The number of hydrogen-bond acceptors (Lipinski definition) is 3. The van der Waals surface area contributed by atoms with Crippen molar-refractivity contribution in [1.29, 1.82) is 0 Å². The highest BCUT2D eigenvalue weighted by Crippen LogP contribution is 2.45. The SMILES string of the molecule is Cc1cccc(NC(=O)N2C(C(=O)O)CSC2C2CC2)c1. The predicted octanol–water partition coefficient (Wildman–Crippen LogP) is 2.77. The van der Waals surface area contributed by atoms with E-state index in [9.17, 15) is 14.7 Å². The Balaban J connectivity index is 1.77. The molecule has 1 aliphatic heterocycles. The van der Waals surface area contributed by atoms with Gasteiger partial charge < -0.3 is 10.4 Å². The fourth-order valence-corrected chi connectivity index (χ4v) is 4.26. The molecule has 1 saturated heterocycles. The first-order valence-electron chi connectivity index (χ1n) is 7.06. The van der Waals surface area contributed by atoms with Crippen LogP contribution in [0.5, 0.6) is 0 Å². The van der Waals surface area contributed by atoms with Crippen molar-refractivity contribution in [1.82, 2.24) is 4.90 Å². The minimum Gasteiger partial charge on any atom is -0.480 e. The Labute approximate surface area is 127 Å². The molecule has 1 aromatic carbocycles. The van der Waals surface area contributed by atoms with Crippen molar-refractivity contribution in [3.8, 4) is 0 Å². The maximum atomic E-state index is 12.5. The summed E-state index contributed by atoms with van der Waals surface area (Å²) in [6.45, 7) is 1.95. The molecule has 2 aliphatic rings. The Morgan fingerprint density at radius 1 is 1.38 bits per heavy atom. The predicted molar refractivity (Wildman–Crippen MR) is 82.4 cm³/mol. The van der Waals surface area contributed by atoms with Crippen LogP contribution in [0.25, 0.3) is 0 Å². The van der Waals surface area contributed by atoms with Gasteiger partial charge in [-0.3, -0.25) is 4.90 Å². The summed E-state index contributed by atoms with van der Waals surface area (Å²) in [7, 11) is 0. The fraction of sp³-hybridized carbons (Fsp3) is 0.467. The van der Waals surface area contributed by atoms with Crippen LogP contribution < -0.4 is 5.32 Å². The molecule has 0 spiro atoms. The average Bonchev–Trinajstić information content (AvgIpc) is 3.16. The molecule has 6 heteroatoms. The van der Waals surface area contributed by atoms with Crippen LogP contribution >= 0.6 is 11.8 Å². The van der Waals surface area contributed by atoms with Gasteiger partial charge in [0.25, 0.3) is 0 Å². The van der Waals surface area contributed by atoms with Crippen molar-refractivity contribution in [3.63, 3.8) is 0 Å². The second-order valence-electron chi connectivity index (χ2n) is 5.62. The number of urea groups is 1. The van der Waals surface area contributed by atoms with Gasteiger partial charge in [-0.1, -0.05) is 12.1 Å². The summed E-state index contributed by atoms with van der Waals surface area (Å²) in [6.07, 6.45) is 2.16. The first-order valence-corrected chi connectivity index (χ1v) is 8.11. The highest BCUT2D eigenvalue weighted by Gasteiger charge is 2.48. The molecular weight excluding hydrogens is 288 g/mol. The maximum Gasteiger partial charge on any atom is 0.327 e. The molecular formula is C15H18N2O3S. The summed E-state index contributed by atoms with van der Waals surface area (Å²) in [5.74, 6) is -0.00905. The fourth-order valence-electron chi connectivity index (χ4n) is 2.63. The largest absolute Gasteiger partial charge is 0.480 e. The first kappa shape index (κ1) is 14.3. The first-order chi connectivity index (χ1) is 10.1. The molecule has 2 N–H and O–H groups in total. The van der Waals surface area contributed by atoms with Gasteiger partial charge in [-0.2, -0.15) is 0 Å². The van der Waals surface area contributed by atoms with Gasteiger partial charge in [-0.15, -0.1) is 11.8 Å². The van der Waals surface area contributed by atoms with Gasteiger partial charge in [0.15, 0.2) is 0 Å². The summed E-state index contributed by atoms with van der Waals surface area (Å²) < 4.78 is 0. The highest BCUT2D eigenvalue weighted by molar-refractivity contribution is 8.00. The number of anilines is 1. The molecule has 2 amide bonds. The number of hydrogen-bond donors (Lipinski definition) is 2. The number of aryl methyl sites for hydroxylation is 1. The Hall–Kier alpha value is -1.69. The van der Waals surface area contributed by atoms with Crippen LogP contribution in [0.3, 0.4) is 0 Å². The minimum absolute atomic E-state index is 0.00379. The van der Waals surface area contributed by atoms with Crippen molar-refractivity contribution in [2.75, 3.05) is 11.1 Å². The van der Waals surface area contributed by atoms with Crippen LogP contribution in [-0.2, 0) is 4.79 Å². The molecule has 1 aliphatic carbocycles. The van der Waals surface area contributed by atoms with Crippen LogP contribution in [0, 0.1) is 12.8 Å². The number of thioether (sulfide) groups is 1. The smallest absolute Gasteiger partial charge is 0.327 e. The lowest BCUT2D eigenvalue weighted by Gasteiger charge is -2.27. The molecule has 1 saturated carbocycles. The molecule has 0 radical (unpaired) electrons. The number of nitrogens with zero attached hydrogens (tertiary/aromatic N) is 1. The van der Waals surface area contributed by atoms with E-state index in [1.165, 1.54) is 4.90 Å². The molecule has 3 rings (SSSR count). The maximum absolute atomic E-state index is 12.5. The number of carboxylic acids is 1. The Morgan fingerprint density at radius 2 is 2.14 bits per heavy atom. The molecule has 2 fully saturated rings. The normalized spacial score (nSPS) is 24.9. The van der Waals surface area contributed by atoms with E-state index in [-0.39, 0.29) is 11.4 Å². The van der Waals surface area contributed by atoms with Gasteiger partial charge in [0.1, 0.15) is 6.04 Å². The summed E-state index contributed by atoms with van der Waals surface area (Å²) in [5, 5.41) is 12.2. The van der Waals surface area contributed by atoms with Crippen molar-refractivity contribution in [2.45, 2.75) is 31.2 Å². The number of aliphatic carboxylic acids is 1. The second kappa shape index (κ2) is 5.60. The van der Waals surface area contributed by atoms with Crippen LogP contribution in [0.4, 0.5) is 10.5 Å². The molecule has 2 atom stereocenters. The third-order valence-electron chi connectivity index (χ3n) is 3.85. The van der Waals surface area contributed by atoms with Gasteiger partial charge in [-0.25, -0.2) is 9.59 Å². The molecule has 2 unspecified atom stereocenters. The number of benzene rings is 1. The number of carbonyl (C=O) groups is 2. The molecule has 1 aromatic rings. The number of amides is 2. The van der Waals surface area contributed by atoms with E-state index in [0.29, 0.717) is 17.4 Å². The van der Waals surface area contributed by atoms with Gasteiger partial charge >= 0.3 is 12.0 Å². The molecule has 0 aromatic heterocycles. The van der Waals surface area contributed by atoms with Crippen LogP contribution in [0.1, 0.15) is 18.4 Å². The standard InChI is InChI=1S/C15H18N2O3S/c1-9-3-2-4-11(7-9)16-15(20)17-12(14(18)19)8-21-13(17)10-5-6-10/h2-4,7,10,12-13H,5-6,8H2,1H3,(H,16,20)(H,18,19). The van der Waals surface area contributed by atoms with Crippen LogP contribution in [0.2, 0.25) is 0 Å². The zero-order valence-electron chi connectivity index (χ0n) is 11.8. The van der Waals surface area contributed by atoms with E-state index in [0.717, 1.165) is 18.4 Å². The third kappa shape index (κ3) is 3.00. The lowest BCUT2D eigenvalue weighted by molar-refractivity contribution is -0.141. The Bertz CT molecular complexity index is 574. The number of carbonyl (C=O) groups excluding carboxylic acids is 1. The number of carboxylic acid groups (broad SMARTS) is 1. The topological polar surface area (TPSA) is 69.6 Å². The molecule has 0 bridgehead atoms. The number of nitrogens with one attached hydrogen (secondary N) is 1. The highest BCUT2D eigenvalue weighted by atomic mass is 32.2. The number of rotatable bonds is 3. The van der Waals surface area contributed by atoms with Gasteiger partial charge in [0, 0.05) is 11.4 Å². The zero-order chi connectivity index (χ0) is 15.0. The summed E-state index contributed by atoms with van der Waals surface area (Å²) in [4.78, 5) is 25.4. The zero-order valence-corrected chi connectivity index (χ0v) is 12.6. The van der Waals surface area contributed by atoms with Crippen LogP contribution in [0.15, 0.2) is 24.3 Å². The quantitative estimate of drug-likeness (QED) is 0.901. The second-order valence-corrected chi connectivity index (χ2v) is 6.77. The molecule has 5 nitrogen and oxygen atoms in total. The minimum atomic E-state index is -0.926.